The van der Waals surface area contributed by atoms with Gasteiger partial charge in [0.2, 0.25) is 5.95 Å². The van der Waals surface area contributed by atoms with E-state index in [1.54, 1.807) is 11.3 Å². The van der Waals surface area contributed by atoms with E-state index >= 15 is 0 Å². The summed E-state index contributed by atoms with van der Waals surface area (Å²) in [6, 6.07) is 2.69. The van der Waals surface area contributed by atoms with Crippen LogP contribution in [0.5, 0.6) is 0 Å². The lowest BCUT2D eigenvalue weighted by molar-refractivity contribution is 0.639. The number of nitrogens with zero attached hydrogens (tertiary/aromatic N) is 3. The highest BCUT2D eigenvalue weighted by Gasteiger charge is 2.28. The lowest BCUT2D eigenvalue weighted by Crippen LogP contribution is -2.33. The third kappa shape index (κ3) is 3.12. The van der Waals surface area contributed by atoms with E-state index in [1.165, 1.54) is 23.1 Å². The third-order valence-corrected chi connectivity index (χ3v) is 4.82. The molecule has 2 heterocycles. The van der Waals surface area contributed by atoms with Gasteiger partial charge in [0.1, 0.15) is 10.6 Å². The standard InChI is InChI=1S/C16H24N4S/c1-5-17-16-18-14(13-8-11(4)21-15(13)19-16)20(10(2)3)9-12-6-7-12/h8,10,12H,5-7,9H2,1-4H3,(H,17,18,19). The third-order valence-electron chi connectivity index (χ3n) is 3.88. The average Bonchev–Trinajstić information content (AvgIpc) is 3.16. The number of anilines is 2. The van der Waals surface area contributed by atoms with Crippen LogP contribution in [0.3, 0.4) is 0 Å². The molecule has 5 heteroatoms. The van der Waals surface area contributed by atoms with Gasteiger partial charge < -0.3 is 10.2 Å². The van der Waals surface area contributed by atoms with Gasteiger partial charge in [0.25, 0.3) is 0 Å². The first-order valence-corrected chi connectivity index (χ1v) is 8.68. The predicted octanol–water partition coefficient (Wildman–Crippen LogP) is 4.06. The number of aromatic nitrogens is 2. The maximum atomic E-state index is 4.82. The van der Waals surface area contributed by atoms with Crippen molar-refractivity contribution in [2.75, 3.05) is 23.3 Å². The Morgan fingerprint density at radius 1 is 1.38 bits per heavy atom. The lowest BCUT2D eigenvalue weighted by atomic mass is 10.2. The number of rotatable bonds is 6. The van der Waals surface area contributed by atoms with E-state index in [0.717, 1.165) is 35.6 Å². The van der Waals surface area contributed by atoms with Crippen molar-refractivity contribution in [3.63, 3.8) is 0 Å². The predicted molar refractivity (Wildman–Crippen MR) is 91.5 cm³/mol. The molecule has 3 rings (SSSR count). The molecule has 1 saturated carbocycles. The zero-order valence-electron chi connectivity index (χ0n) is 13.3. The minimum atomic E-state index is 0.457. The molecule has 0 radical (unpaired) electrons. The second kappa shape index (κ2) is 5.79. The summed E-state index contributed by atoms with van der Waals surface area (Å²) in [5.41, 5.74) is 0. The topological polar surface area (TPSA) is 41.1 Å². The van der Waals surface area contributed by atoms with Gasteiger partial charge in [-0.2, -0.15) is 4.98 Å². The number of nitrogens with one attached hydrogen (secondary N) is 1. The Bertz CT molecular complexity index is 630. The summed E-state index contributed by atoms with van der Waals surface area (Å²) < 4.78 is 0. The van der Waals surface area contributed by atoms with Crippen LogP contribution in [0.4, 0.5) is 11.8 Å². The van der Waals surface area contributed by atoms with E-state index in [0.29, 0.717) is 6.04 Å². The molecule has 1 aliphatic rings. The van der Waals surface area contributed by atoms with Crippen LogP contribution in [-0.4, -0.2) is 29.1 Å². The van der Waals surface area contributed by atoms with Gasteiger partial charge in [-0.25, -0.2) is 4.98 Å². The minimum absolute atomic E-state index is 0.457. The Balaban J connectivity index is 2.07. The van der Waals surface area contributed by atoms with Crippen LogP contribution in [0.15, 0.2) is 6.07 Å². The van der Waals surface area contributed by atoms with Crippen LogP contribution in [0.25, 0.3) is 10.2 Å². The zero-order valence-corrected chi connectivity index (χ0v) is 14.1. The van der Waals surface area contributed by atoms with Crippen LogP contribution in [0, 0.1) is 12.8 Å². The molecule has 0 spiro atoms. The summed E-state index contributed by atoms with van der Waals surface area (Å²) in [6.45, 7) is 10.7. The van der Waals surface area contributed by atoms with Crippen LogP contribution in [0.1, 0.15) is 38.5 Å². The summed E-state index contributed by atoms with van der Waals surface area (Å²) in [5, 5.41) is 4.47. The second-order valence-corrected chi connectivity index (χ2v) is 7.40. The van der Waals surface area contributed by atoms with Crippen molar-refractivity contribution in [2.24, 2.45) is 5.92 Å². The first kappa shape index (κ1) is 14.6. The Kier molecular flexibility index (Phi) is 4.02. The molecule has 4 nitrogen and oxygen atoms in total. The first-order valence-electron chi connectivity index (χ1n) is 7.87. The van der Waals surface area contributed by atoms with E-state index in [1.807, 2.05) is 0 Å². The van der Waals surface area contributed by atoms with E-state index in [4.69, 9.17) is 4.98 Å². The Morgan fingerprint density at radius 2 is 2.14 bits per heavy atom. The number of hydrogen-bond acceptors (Lipinski definition) is 5. The van der Waals surface area contributed by atoms with Gasteiger partial charge in [-0.15, -0.1) is 11.3 Å². The maximum Gasteiger partial charge on any atom is 0.226 e. The SMILES string of the molecule is CCNc1nc(N(CC2CC2)C(C)C)c2cc(C)sc2n1. The van der Waals surface area contributed by atoms with Crippen LogP contribution in [0.2, 0.25) is 0 Å². The highest BCUT2D eigenvalue weighted by Crippen LogP contribution is 2.36. The molecule has 0 saturated heterocycles. The summed E-state index contributed by atoms with van der Waals surface area (Å²) in [5.74, 6) is 2.70. The summed E-state index contributed by atoms with van der Waals surface area (Å²) >= 11 is 1.75. The van der Waals surface area contributed by atoms with E-state index in [-0.39, 0.29) is 0 Å². The van der Waals surface area contributed by atoms with Crippen molar-refractivity contribution in [1.82, 2.24) is 9.97 Å². The average molecular weight is 304 g/mol. The molecule has 21 heavy (non-hydrogen) atoms. The molecule has 1 N–H and O–H groups in total. The Labute approximate surface area is 130 Å². The maximum absolute atomic E-state index is 4.82. The Hall–Kier alpha value is -1.36. The molecule has 0 bridgehead atoms. The first-order chi connectivity index (χ1) is 10.1. The molecule has 1 fully saturated rings. The molecule has 2 aromatic rings. The fourth-order valence-electron chi connectivity index (χ4n) is 2.60. The van der Waals surface area contributed by atoms with Crippen molar-refractivity contribution in [3.8, 4) is 0 Å². The molecule has 0 amide bonds. The van der Waals surface area contributed by atoms with Crippen LogP contribution in [-0.2, 0) is 0 Å². The quantitative estimate of drug-likeness (QED) is 0.874. The molecule has 1 aliphatic carbocycles. The van der Waals surface area contributed by atoms with Gasteiger partial charge in [0, 0.05) is 24.0 Å². The molecule has 0 aliphatic heterocycles. The van der Waals surface area contributed by atoms with E-state index in [2.05, 4.69) is 49.0 Å². The highest BCUT2D eigenvalue weighted by molar-refractivity contribution is 7.18. The van der Waals surface area contributed by atoms with Crippen molar-refractivity contribution in [3.05, 3.63) is 10.9 Å². The van der Waals surface area contributed by atoms with Gasteiger partial charge in [0.05, 0.1) is 5.39 Å². The fraction of sp³-hybridized carbons (Fsp3) is 0.625. The highest BCUT2D eigenvalue weighted by atomic mass is 32.1. The molecule has 0 aromatic carbocycles. The Morgan fingerprint density at radius 3 is 2.76 bits per heavy atom. The normalized spacial score (nSPS) is 14.9. The zero-order chi connectivity index (χ0) is 15.0. The molecule has 114 valence electrons. The van der Waals surface area contributed by atoms with Gasteiger partial charge in [-0.1, -0.05) is 0 Å². The van der Waals surface area contributed by atoms with Crippen molar-refractivity contribution >= 4 is 33.3 Å². The number of thiophene rings is 1. The molecular formula is C16H24N4S. The molecule has 2 aromatic heterocycles. The summed E-state index contributed by atoms with van der Waals surface area (Å²) in [4.78, 5) is 14.3. The summed E-state index contributed by atoms with van der Waals surface area (Å²) in [7, 11) is 0. The monoisotopic (exact) mass is 304 g/mol. The van der Waals surface area contributed by atoms with Gasteiger partial charge in [0.15, 0.2) is 0 Å². The smallest absolute Gasteiger partial charge is 0.226 e. The number of hydrogen-bond donors (Lipinski definition) is 1. The summed E-state index contributed by atoms with van der Waals surface area (Å²) in [6.07, 6.45) is 2.72. The largest absolute Gasteiger partial charge is 0.354 e. The molecular weight excluding hydrogens is 280 g/mol. The van der Waals surface area contributed by atoms with Gasteiger partial charge >= 0.3 is 0 Å². The van der Waals surface area contributed by atoms with Crippen LogP contribution < -0.4 is 10.2 Å². The number of aryl methyl sites for hydroxylation is 1. The fourth-order valence-corrected chi connectivity index (χ4v) is 3.48. The minimum Gasteiger partial charge on any atom is -0.354 e. The van der Waals surface area contributed by atoms with Crippen molar-refractivity contribution in [2.45, 2.75) is 46.6 Å². The van der Waals surface area contributed by atoms with E-state index < -0.39 is 0 Å². The van der Waals surface area contributed by atoms with Crippen molar-refractivity contribution in [1.29, 1.82) is 0 Å². The van der Waals surface area contributed by atoms with Gasteiger partial charge in [-0.05, 0) is 52.5 Å². The van der Waals surface area contributed by atoms with Crippen LogP contribution >= 0.6 is 11.3 Å². The second-order valence-electron chi connectivity index (χ2n) is 6.17. The van der Waals surface area contributed by atoms with Crippen molar-refractivity contribution < 1.29 is 0 Å². The molecule has 0 atom stereocenters. The number of fused-ring (bicyclic) bond motifs is 1. The van der Waals surface area contributed by atoms with Gasteiger partial charge in [-0.3, -0.25) is 0 Å². The molecule has 0 unspecified atom stereocenters. The van der Waals surface area contributed by atoms with E-state index in [9.17, 15) is 0 Å². The lowest BCUT2D eigenvalue weighted by Gasteiger charge is -2.28.